The topological polar surface area (TPSA) is 39.3 Å². The molecule has 106 valence electrons. The van der Waals surface area contributed by atoms with Crippen LogP contribution in [-0.2, 0) is 0 Å². The third-order valence-corrected chi connectivity index (χ3v) is 4.23. The zero-order chi connectivity index (χ0) is 14.3. The zero-order valence-corrected chi connectivity index (χ0v) is 12.4. The normalized spacial score (nSPS) is 14.8. The Hall–Kier alpha value is -1.97. The van der Waals surface area contributed by atoms with Crippen LogP contribution in [0.1, 0.15) is 19.4 Å². The van der Waals surface area contributed by atoms with Crippen LogP contribution in [0.4, 0.5) is 11.4 Å². The van der Waals surface area contributed by atoms with Crippen molar-refractivity contribution in [3.8, 4) is 0 Å². The van der Waals surface area contributed by atoms with Gasteiger partial charge >= 0.3 is 0 Å². The van der Waals surface area contributed by atoms with Crippen LogP contribution in [0.2, 0.25) is 0 Å². The Bertz CT molecular complexity index is 705. The SMILES string of the molecule is CCN1CCN(CC)c2cc3c(C)cc(=O)[nH]c3cc21. The summed E-state index contributed by atoms with van der Waals surface area (Å²) in [5.74, 6) is 0. The number of aromatic nitrogens is 1. The monoisotopic (exact) mass is 271 g/mol. The lowest BCUT2D eigenvalue weighted by molar-refractivity contribution is 0.723. The van der Waals surface area contributed by atoms with E-state index in [9.17, 15) is 4.79 Å². The molecule has 4 heteroatoms. The molecule has 0 atom stereocenters. The first kappa shape index (κ1) is 13.0. The fourth-order valence-corrected chi connectivity index (χ4v) is 3.10. The minimum absolute atomic E-state index is 0.0267. The van der Waals surface area contributed by atoms with Gasteiger partial charge in [0.05, 0.1) is 16.9 Å². The van der Waals surface area contributed by atoms with E-state index in [0.717, 1.165) is 42.6 Å². The molecule has 2 aromatic rings. The number of aromatic amines is 1. The van der Waals surface area contributed by atoms with Crippen molar-refractivity contribution in [2.45, 2.75) is 20.8 Å². The van der Waals surface area contributed by atoms with Gasteiger partial charge in [0, 0.05) is 37.6 Å². The van der Waals surface area contributed by atoms with Crippen LogP contribution in [0.5, 0.6) is 0 Å². The molecule has 0 spiro atoms. The molecule has 0 aliphatic carbocycles. The number of hydrogen-bond donors (Lipinski definition) is 1. The molecule has 0 fully saturated rings. The van der Waals surface area contributed by atoms with Crippen molar-refractivity contribution in [3.63, 3.8) is 0 Å². The molecule has 0 radical (unpaired) electrons. The highest BCUT2D eigenvalue weighted by atomic mass is 16.1. The molecule has 1 N–H and O–H groups in total. The summed E-state index contributed by atoms with van der Waals surface area (Å²) >= 11 is 0. The molecule has 1 aliphatic rings. The summed E-state index contributed by atoms with van der Waals surface area (Å²) in [4.78, 5) is 19.4. The molecule has 1 aliphatic heterocycles. The fourth-order valence-electron chi connectivity index (χ4n) is 3.10. The van der Waals surface area contributed by atoms with Crippen LogP contribution >= 0.6 is 0 Å². The van der Waals surface area contributed by atoms with Crippen LogP contribution in [0.15, 0.2) is 23.0 Å². The number of H-pyrrole nitrogens is 1. The average molecular weight is 271 g/mol. The molecule has 1 aromatic heterocycles. The number of hydrogen-bond acceptors (Lipinski definition) is 3. The summed E-state index contributed by atoms with van der Waals surface area (Å²) in [6.45, 7) is 10.5. The van der Waals surface area contributed by atoms with Gasteiger partial charge < -0.3 is 14.8 Å². The Balaban J connectivity index is 2.29. The summed E-state index contributed by atoms with van der Waals surface area (Å²) in [6.07, 6.45) is 0. The lowest BCUT2D eigenvalue weighted by Crippen LogP contribution is -2.41. The van der Waals surface area contributed by atoms with Gasteiger partial charge in [-0.15, -0.1) is 0 Å². The molecule has 3 rings (SSSR count). The van der Waals surface area contributed by atoms with E-state index in [1.54, 1.807) is 6.07 Å². The molecule has 4 nitrogen and oxygen atoms in total. The number of rotatable bonds is 2. The predicted octanol–water partition coefficient (Wildman–Crippen LogP) is 2.50. The van der Waals surface area contributed by atoms with Crippen LogP contribution in [0.3, 0.4) is 0 Å². The number of likely N-dealkylation sites (N-methyl/N-ethyl adjacent to an activating group) is 2. The lowest BCUT2D eigenvalue weighted by atomic mass is 10.1. The second-order valence-corrected chi connectivity index (χ2v) is 5.36. The first-order valence-electron chi connectivity index (χ1n) is 7.31. The molecule has 1 aromatic carbocycles. The molecule has 2 heterocycles. The minimum atomic E-state index is -0.0267. The second-order valence-electron chi connectivity index (χ2n) is 5.36. The highest BCUT2D eigenvalue weighted by Gasteiger charge is 2.21. The molecule has 20 heavy (non-hydrogen) atoms. The Morgan fingerprint density at radius 3 is 2.25 bits per heavy atom. The van der Waals surface area contributed by atoms with E-state index in [0.29, 0.717) is 0 Å². The fraction of sp³-hybridized carbons (Fsp3) is 0.438. The van der Waals surface area contributed by atoms with Crippen LogP contribution in [0.25, 0.3) is 10.9 Å². The maximum absolute atomic E-state index is 11.7. The highest BCUT2D eigenvalue weighted by molar-refractivity contribution is 5.92. The van der Waals surface area contributed by atoms with Crippen LogP contribution < -0.4 is 15.4 Å². The molecular formula is C16H21N3O. The predicted molar refractivity (Wildman–Crippen MR) is 85.1 cm³/mol. The van der Waals surface area contributed by atoms with Gasteiger partial charge in [0.25, 0.3) is 0 Å². The van der Waals surface area contributed by atoms with Gasteiger partial charge in [-0.1, -0.05) is 0 Å². The van der Waals surface area contributed by atoms with Crippen molar-refractivity contribution in [1.82, 2.24) is 4.98 Å². The van der Waals surface area contributed by atoms with Gasteiger partial charge in [-0.3, -0.25) is 4.79 Å². The van der Waals surface area contributed by atoms with Gasteiger partial charge in [-0.25, -0.2) is 0 Å². The van der Waals surface area contributed by atoms with Gasteiger partial charge in [-0.05, 0) is 38.5 Å². The number of pyridine rings is 1. The average Bonchev–Trinajstić information content (AvgIpc) is 2.44. The summed E-state index contributed by atoms with van der Waals surface area (Å²) in [6, 6.07) is 6.02. The van der Waals surface area contributed by atoms with E-state index in [-0.39, 0.29) is 5.56 Å². The van der Waals surface area contributed by atoms with E-state index in [2.05, 4.69) is 40.8 Å². The van der Waals surface area contributed by atoms with Crippen molar-refractivity contribution in [1.29, 1.82) is 0 Å². The lowest BCUT2D eigenvalue weighted by Gasteiger charge is -2.38. The number of fused-ring (bicyclic) bond motifs is 2. The minimum Gasteiger partial charge on any atom is -0.368 e. The first-order chi connectivity index (χ1) is 9.63. The van der Waals surface area contributed by atoms with Crippen molar-refractivity contribution < 1.29 is 0 Å². The Kier molecular flexibility index (Phi) is 3.16. The molecule has 0 unspecified atom stereocenters. The summed E-state index contributed by atoms with van der Waals surface area (Å²) in [7, 11) is 0. The van der Waals surface area contributed by atoms with E-state index in [1.165, 1.54) is 11.4 Å². The summed E-state index contributed by atoms with van der Waals surface area (Å²) in [5.41, 5.74) is 4.46. The number of anilines is 2. The quantitative estimate of drug-likeness (QED) is 0.912. The third kappa shape index (κ3) is 1.96. The van der Waals surface area contributed by atoms with Crippen LogP contribution in [-0.4, -0.2) is 31.2 Å². The Morgan fingerprint density at radius 2 is 1.65 bits per heavy atom. The van der Waals surface area contributed by atoms with Crippen molar-refractivity contribution >= 4 is 22.3 Å². The molecule has 0 saturated heterocycles. The Morgan fingerprint density at radius 1 is 1.05 bits per heavy atom. The molecular weight excluding hydrogens is 250 g/mol. The number of benzene rings is 1. The maximum Gasteiger partial charge on any atom is 0.248 e. The van der Waals surface area contributed by atoms with Gasteiger partial charge in [0.2, 0.25) is 5.56 Å². The van der Waals surface area contributed by atoms with Crippen molar-refractivity contribution in [2.75, 3.05) is 36.0 Å². The molecule has 0 saturated carbocycles. The smallest absolute Gasteiger partial charge is 0.248 e. The second kappa shape index (κ2) is 4.85. The highest BCUT2D eigenvalue weighted by Crippen LogP contribution is 2.36. The number of nitrogens with one attached hydrogen (secondary N) is 1. The number of nitrogens with zero attached hydrogens (tertiary/aromatic N) is 2. The summed E-state index contributed by atoms with van der Waals surface area (Å²) in [5, 5.41) is 1.14. The van der Waals surface area contributed by atoms with Gasteiger partial charge in [0.1, 0.15) is 0 Å². The standard InChI is InChI=1S/C16H21N3O/c1-4-18-6-7-19(5-2)15-10-13-12(9-14(15)18)11(3)8-16(20)17-13/h8-10H,4-7H2,1-3H3,(H,17,20). The van der Waals surface area contributed by atoms with E-state index in [1.807, 2.05) is 6.92 Å². The van der Waals surface area contributed by atoms with E-state index >= 15 is 0 Å². The maximum atomic E-state index is 11.7. The molecule has 0 amide bonds. The molecule has 0 bridgehead atoms. The third-order valence-electron chi connectivity index (χ3n) is 4.23. The van der Waals surface area contributed by atoms with E-state index < -0.39 is 0 Å². The van der Waals surface area contributed by atoms with E-state index in [4.69, 9.17) is 0 Å². The Labute approximate surface area is 119 Å². The first-order valence-corrected chi connectivity index (χ1v) is 7.31. The largest absolute Gasteiger partial charge is 0.368 e. The van der Waals surface area contributed by atoms with Gasteiger partial charge in [-0.2, -0.15) is 0 Å². The van der Waals surface area contributed by atoms with Gasteiger partial charge in [0.15, 0.2) is 0 Å². The van der Waals surface area contributed by atoms with Crippen LogP contribution in [0, 0.1) is 6.92 Å². The van der Waals surface area contributed by atoms with Crippen molar-refractivity contribution in [3.05, 3.63) is 34.1 Å². The van der Waals surface area contributed by atoms with Crippen molar-refractivity contribution in [2.24, 2.45) is 0 Å². The summed E-state index contributed by atoms with van der Waals surface area (Å²) < 4.78 is 0. The number of aryl methyl sites for hydroxylation is 1. The zero-order valence-electron chi connectivity index (χ0n) is 12.4.